The monoisotopic (exact) mass is 471 g/mol. The molecule has 8 heteroatoms. The number of piperidine rings is 1. The van der Waals surface area contributed by atoms with Crippen molar-refractivity contribution >= 4 is 11.6 Å². The van der Waals surface area contributed by atoms with Gasteiger partial charge >= 0.3 is 6.18 Å². The van der Waals surface area contributed by atoms with Crippen LogP contribution in [-0.2, 0) is 6.18 Å². The first-order valence-corrected chi connectivity index (χ1v) is 11.4. The summed E-state index contributed by atoms with van der Waals surface area (Å²) in [6.45, 7) is 5.91. The van der Waals surface area contributed by atoms with Gasteiger partial charge in [-0.2, -0.15) is 18.4 Å². The van der Waals surface area contributed by atoms with Crippen LogP contribution in [0, 0.1) is 36.5 Å². The summed E-state index contributed by atoms with van der Waals surface area (Å²) in [4.78, 5) is 16.9. The van der Waals surface area contributed by atoms with E-state index >= 15 is 0 Å². The van der Waals surface area contributed by atoms with Crippen molar-refractivity contribution in [2.24, 2.45) is 11.3 Å². The van der Waals surface area contributed by atoms with Gasteiger partial charge in [0.25, 0.3) is 5.91 Å². The van der Waals surface area contributed by atoms with Crippen molar-refractivity contribution in [3.8, 4) is 6.07 Å². The summed E-state index contributed by atoms with van der Waals surface area (Å²) in [6.07, 6.45) is -3.27. The van der Waals surface area contributed by atoms with E-state index in [1.165, 1.54) is 6.07 Å². The Balaban J connectivity index is 1.51. The van der Waals surface area contributed by atoms with Gasteiger partial charge in [-0.25, -0.2) is 0 Å². The Hall–Kier alpha value is -3.05. The molecule has 2 aromatic rings. The van der Waals surface area contributed by atoms with Crippen LogP contribution in [0.1, 0.15) is 45.5 Å². The van der Waals surface area contributed by atoms with Gasteiger partial charge < -0.3 is 14.9 Å². The Bertz CT molecular complexity index is 1110. The van der Waals surface area contributed by atoms with Gasteiger partial charge in [0.2, 0.25) is 0 Å². The van der Waals surface area contributed by atoms with E-state index in [4.69, 9.17) is 5.26 Å². The van der Waals surface area contributed by atoms with Crippen LogP contribution in [0.25, 0.3) is 0 Å². The third-order valence-corrected chi connectivity index (χ3v) is 7.34. The van der Waals surface area contributed by atoms with Crippen LogP contribution in [0.3, 0.4) is 0 Å². The number of benzene rings is 2. The summed E-state index contributed by atoms with van der Waals surface area (Å²) in [5.74, 6) is -0.123. The summed E-state index contributed by atoms with van der Waals surface area (Å²) in [5, 5.41) is 19.1. The lowest BCUT2D eigenvalue weighted by Gasteiger charge is -2.43. The molecule has 1 unspecified atom stereocenters. The molecule has 2 aromatic carbocycles. The summed E-state index contributed by atoms with van der Waals surface area (Å²) < 4.78 is 40.2. The van der Waals surface area contributed by atoms with E-state index in [-0.39, 0.29) is 29.4 Å². The van der Waals surface area contributed by atoms with Gasteiger partial charge in [0, 0.05) is 50.0 Å². The molecular formula is C26H28F3N3O2. The Kier molecular flexibility index (Phi) is 6.34. The molecule has 4 rings (SSSR count). The average Bonchev–Trinajstić information content (AvgIpc) is 3.15. The zero-order valence-electron chi connectivity index (χ0n) is 19.3. The van der Waals surface area contributed by atoms with Gasteiger partial charge in [0.05, 0.1) is 17.2 Å². The molecule has 2 fully saturated rings. The summed E-state index contributed by atoms with van der Waals surface area (Å²) in [6, 6.07) is 11.2. The number of alkyl halides is 3. The van der Waals surface area contributed by atoms with Crippen LogP contribution in [0.4, 0.5) is 18.9 Å². The number of hydrogen-bond acceptors (Lipinski definition) is 4. The van der Waals surface area contributed by atoms with E-state index in [2.05, 4.69) is 0 Å². The quantitative estimate of drug-likeness (QED) is 0.714. The second-order valence-electron chi connectivity index (χ2n) is 9.63. The number of carbonyl (C=O) groups is 1. The first-order chi connectivity index (χ1) is 16.1. The predicted molar refractivity (Wildman–Crippen MR) is 122 cm³/mol. The second-order valence-corrected chi connectivity index (χ2v) is 9.63. The molecule has 0 aromatic heterocycles. The Morgan fingerprint density at radius 3 is 2.35 bits per heavy atom. The molecule has 2 aliphatic heterocycles. The van der Waals surface area contributed by atoms with E-state index < -0.39 is 11.7 Å². The third kappa shape index (κ3) is 4.49. The second kappa shape index (κ2) is 8.95. The number of aliphatic hydroxyl groups excluding tert-OH is 1. The normalized spacial score (nSPS) is 20.0. The predicted octanol–water partition coefficient (Wildman–Crippen LogP) is 4.55. The lowest BCUT2D eigenvalue weighted by molar-refractivity contribution is -0.137. The molecule has 34 heavy (non-hydrogen) atoms. The number of aryl methyl sites for hydroxylation is 2. The summed E-state index contributed by atoms with van der Waals surface area (Å²) in [5.41, 5.74) is 1.53. The van der Waals surface area contributed by atoms with Gasteiger partial charge in [-0.3, -0.25) is 4.79 Å². The first-order valence-electron chi connectivity index (χ1n) is 11.4. The van der Waals surface area contributed by atoms with Crippen molar-refractivity contribution in [2.75, 3.05) is 37.7 Å². The highest BCUT2D eigenvalue weighted by atomic mass is 19.4. The van der Waals surface area contributed by atoms with E-state index in [1.54, 1.807) is 12.1 Å². The molecule has 180 valence electrons. The largest absolute Gasteiger partial charge is 0.417 e. The van der Waals surface area contributed by atoms with Crippen LogP contribution in [0.5, 0.6) is 0 Å². The van der Waals surface area contributed by atoms with E-state index in [0.29, 0.717) is 50.3 Å². The number of nitrogens with zero attached hydrogens (tertiary/aromatic N) is 3. The van der Waals surface area contributed by atoms with Gasteiger partial charge in [-0.05, 0) is 62.4 Å². The number of aliphatic hydroxyl groups is 1. The fraction of sp³-hybridized carbons (Fsp3) is 0.462. The van der Waals surface area contributed by atoms with Crippen molar-refractivity contribution < 1.29 is 23.1 Å². The van der Waals surface area contributed by atoms with Crippen LogP contribution in [-0.4, -0.2) is 48.7 Å². The summed E-state index contributed by atoms with van der Waals surface area (Å²) >= 11 is 0. The minimum absolute atomic E-state index is 0.0360. The van der Waals surface area contributed by atoms with Crippen molar-refractivity contribution in [1.29, 1.82) is 5.26 Å². The topological polar surface area (TPSA) is 67.6 Å². The maximum absolute atomic E-state index is 13.4. The van der Waals surface area contributed by atoms with Crippen molar-refractivity contribution in [1.82, 2.24) is 4.90 Å². The molecule has 2 saturated heterocycles. The maximum Gasteiger partial charge on any atom is 0.417 e. The van der Waals surface area contributed by atoms with Crippen LogP contribution in [0.2, 0.25) is 0 Å². The van der Waals surface area contributed by atoms with Crippen LogP contribution in [0.15, 0.2) is 36.4 Å². The van der Waals surface area contributed by atoms with Gasteiger partial charge in [0.1, 0.15) is 0 Å². The number of nitriles is 1. The van der Waals surface area contributed by atoms with E-state index in [9.17, 15) is 23.1 Å². The van der Waals surface area contributed by atoms with Gasteiger partial charge in [-0.1, -0.05) is 17.2 Å². The molecule has 0 aliphatic carbocycles. The van der Waals surface area contributed by atoms with Crippen LogP contribution >= 0.6 is 0 Å². The number of amides is 1. The van der Waals surface area contributed by atoms with E-state index in [1.807, 2.05) is 41.8 Å². The third-order valence-electron chi connectivity index (χ3n) is 7.34. The number of anilines is 1. The Labute approximate surface area is 197 Å². The number of likely N-dealkylation sites (tertiary alicyclic amines) is 1. The van der Waals surface area contributed by atoms with Crippen molar-refractivity contribution in [2.45, 2.75) is 32.9 Å². The van der Waals surface area contributed by atoms with E-state index in [0.717, 1.165) is 17.2 Å². The highest BCUT2D eigenvalue weighted by Crippen LogP contribution is 2.46. The molecule has 0 bridgehead atoms. The minimum Gasteiger partial charge on any atom is -0.396 e. The molecule has 5 nitrogen and oxygen atoms in total. The zero-order valence-corrected chi connectivity index (χ0v) is 19.3. The molecule has 1 N–H and O–H groups in total. The zero-order chi connectivity index (χ0) is 24.7. The molecular weight excluding hydrogens is 443 g/mol. The average molecular weight is 472 g/mol. The van der Waals surface area contributed by atoms with Crippen molar-refractivity contribution in [3.05, 3.63) is 64.2 Å². The van der Waals surface area contributed by atoms with Crippen LogP contribution < -0.4 is 4.90 Å². The fourth-order valence-electron chi connectivity index (χ4n) is 5.56. The Morgan fingerprint density at radius 1 is 1.15 bits per heavy atom. The highest BCUT2D eigenvalue weighted by Gasteiger charge is 2.49. The lowest BCUT2D eigenvalue weighted by Crippen LogP contribution is -2.45. The molecule has 1 atom stereocenters. The van der Waals surface area contributed by atoms with Crippen molar-refractivity contribution in [3.63, 3.8) is 0 Å². The number of carbonyl (C=O) groups excluding carboxylic acids is 1. The number of halogens is 3. The minimum atomic E-state index is -4.60. The molecule has 1 spiro atoms. The highest BCUT2D eigenvalue weighted by molar-refractivity contribution is 5.95. The standard InChI is InChI=1S/C26H28F3N3O2/c1-17-9-18(2)11-20(10-17)24(34)32-14-21(15-33)25(16-32)5-7-31(8-6-25)22-4-3-19(13-30)23(12-22)26(27,28)29/h3-4,9-12,21,33H,5-8,14-16H2,1-2H3. The molecule has 0 radical (unpaired) electrons. The molecule has 2 heterocycles. The molecule has 2 aliphatic rings. The number of rotatable bonds is 3. The maximum atomic E-state index is 13.4. The first kappa shape index (κ1) is 24.1. The smallest absolute Gasteiger partial charge is 0.396 e. The fourth-order valence-corrected chi connectivity index (χ4v) is 5.56. The lowest BCUT2D eigenvalue weighted by atomic mass is 9.71. The number of hydrogen-bond donors (Lipinski definition) is 1. The summed E-state index contributed by atoms with van der Waals surface area (Å²) in [7, 11) is 0. The molecule has 0 saturated carbocycles. The van der Waals surface area contributed by atoms with Gasteiger partial charge in [-0.15, -0.1) is 0 Å². The van der Waals surface area contributed by atoms with Gasteiger partial charge in [0.15, 0.2) is 0 Å². The Morgan fingerprint density at radius 2 is 1.79 bits per heavy atom. The molecule has 1 amide bonds. The SMILES string of the molecule is Cc1cc(C)cc(C(=O)N2CC(CO)C3(CCN(c4ccc(C#N)c(C(F)(F)F)c4)CC3)C2)c1.